The highest BCUT2D eigenvalue weighted by Crippen LogP contribution is 2.14. The van der Waals surface area contributed by atoms with E-state index in [0.717, 1.165) is 0 Å². The molecule has 62 valence electrons. The van der Waals surface area contributed by atoms with Crippen LogP contribution in [0.2, 0.25) is 0 Å². The van der Waals surface area contributed by atoms with Crippen molar-refractivity contribution in [1.82, 2.24) is 0 Å². The molecule has 0 unspecified atom stereocenters. The van der Waals surface area contributed by atoms with E-state index < -0.39 is 0 Å². The lowest BCUT2D eigenvalue weighted by Gasteiger charge is -2.12. The first-order valence-corrected chi connectivity index (χ1v) is 3.82. The van der Waals surface area contributed by atoms with Gasteiger partial charge in [0.2, 0.25) is 0 Å². The summed E-state index contributed by atoms with van der Waals surface area (Å²) in [6.07, 6.45) is 7.13. The molecule has 11 heavy (non-hydrogen) atoms. The van der Waals surface area contributed by atoms with E-state index in [1.54, 1.807) is 12.2 Å². The molecule has 0 bridgehead atoms. The maximum atomic E-state index is 11.2. The Kier molecular flexibility index (Phi) is 3.80. The summed E-state index contributed by atoms with van der Waals surface area (Å²) in [6, 6.07) is 0. The van der Waals surface area contributed by atoms with Crippen LogP contribution in [0.15, 0.2) is 24.3 Å². The summed E-state index contributed by atoms with van der Waals surface area (Å²) in [5.41, 5.74) is -0.252. The number of ketones is 1. The molecule has 0 fully saturated rings. The van der Waals surface area contributed by atoms with Crippen molar-refractivity contribution in [2.24, 2.45) is 5.41 Å². The van der Waals surface area contributed by atoms with Crippen LogP contribution in [0.25, 0.3) is 0 Å². The van der Waals surface area contributed by atoms with Gasteiger partial charge in [-0.2, -0.15) is 0 Å². The van der Waals surface area contributed by atoms with Crippen LogP contribution in [0.1, 0.15) is 27.7 Å². The minimum absolute atomic E-state index is 0.163. The maximum absolute atomic E-state index is 11.2. The minimum Gasteiger partial charge on any atom is -0.294 e. The van der Waals surface area contributed by atoms with E-state index >= 15 is 0 Å². The van der Waals surface area contributed by atoms with Crippen molar-refractivity contribution in [3.8, 4) is 0 Å². The van der Waals surface area contributed by atoms with Crippen molar-refractivity contribution in [3.05, 3.63) is 24.3 Å². The fourth-order valence-corrected chi connectivity index (χ4v) is 0.504. The summed E-state index contributed by atoms with van der Waals surface area (Å²) < 4.78 is 0. The molecule has 0 radical (unpaired) electrons. The van der Waals surface area contributed by atoms with Crippen LogP contribution in [-0.4, -0.2) is 5.78 Å². The van der Waals surface area contributed by atoms with E-state index in [1.807, 2.05) is 39.8 Å². The van der Waals surface area contributed by atoms with Gasteiger partial charge in [0.05, 0.1) is 0 Å². The van der Waals surface area contributed by atoms with Gasteiger partial charge in [0.1, 0.15) is 0 Å². The molecule has 0 saturated heterocycles. The largest absolute Gasteiger partial charge is 0.294 e. The molecular formula is C10H16O. The Morgan fingerprint density at radius 1 is 1.18 bits per heavy atom. The first-order chi connectivity index (χ1) is 4.98. The second-order valence-electron chi connectivity index (χ2n) is 3.50. The smallest absolute Gasteiger partial charge is 0.160 e. The Balaban J connectivity index is 4.08. The van der Waals surface area contributed by atoms with E-state index in [2.05, 4.69) is 0 Å². The molecule has 0 spiro atoms. The lowest BCUT2D eigenvalue weighted by Crippen LogP contribution is -2.17. The van der Waals surface area contributed by atoms with Crippen LogP contribution in [0.5, 0.6) is 0 Å². The van der Waals surface area contributed by atoms with Gasteiger partial charge in [-0.3, -0.25) is 4.79 Å². The molecule has 1 heteroatoms. The second-order valence-corrected chi connectivity index (χ2v) is 3.50. The summed E-state index contributed by atoms with van der Waals surface area (Å²) in [5.74, 6) is 0.163. The highest BCUT2D eigenvalue weighted by Gasteiger charge is 2.17. The third-order valence-electron chi connectivity index (χ3n) is 1.29. The maximum Gasteiger partial charge on any atom is 0.160 e. The Bertz CT molecular complexity index is 180. The van der Waals surface area contributed by atoms with Crippen LogP contribution >= 0.6 is 0 Å². The molecule has 1 nitrogen and oxygen atoms in total. The quantitative estimate of drug-likeness (QED) is 0.439. The molecule has 0 aromatic carbocycles. The summed E-state index contributed by atoms with van der Waals surface area (Å²) in [7, 11) is 0. The van der Waals surface area contributed by atoms with Gasteiger partial charge in [-0.15, -0.1) is 0 Å². The zero-order chi connectivity index (χ0) is 8.91. The molecule has 0 amide bonds. The molecular weight excluding hydrogens is 136 g/mol. The Morgan fingerprint density at radius 2 is 1.73 bits per heavy atom. The van der Waals surface area contributed by atoms with E-state index in [1.165, 1.54) is 0 Å². The summed E-state index contributed by atoms with van der Waals surface area (Å²) >= 11 is 0. The van der Waals surface area contributed by atoms with Crippen LogP contribution in [0.3, 0.4) is 0 Å². The number of hydrogen-bond donors (Lipinski definition) is 0. The highest BCUT2D eigenvalue weighted by molar-refractivity contribution is 5.94. The summed E-state index contributed by atoms with van der Waals surface area (Å²) in [6.45, 7) is 7.66. The van der Waals surface area contributed by atoms with E-state index in [9.17, 15) is 4.79 Å². The number of rotatable bonds is 2. The third kappa shape index (κ3) is 4.54. The average Bonchev–Trinajstić information content (AvgIpc) is 1.86. The monoisotopic (exact) mass is 152 g/mol. The van der Waals surface area contributed by atoms with Crippen molar-refractivity contribution in [2.45, 2.75) is 27.7 Å². The van der Waals surface area contributed by atoms with Crippen LogP contribution < -0.4 is 0 Å². The van der Waals surface area contributed by atoms with Crippen LogP contribution in [0.4, 0.5) is 0 Å². The first kappa shape index (κ1) is 10.2. The molecule has 0 atom stereocenters. The van der Waals surface area contributed by atoms with Gasteiger partial charge in [-0.1, -0.05) is 39.0 Å². The van der Waals surface area contributed by atoms with Crippen molar-refractivity contribution in [3.63, 3.8) is 0 Å². The van der Waals surface area contributed by atoms with Gasteiger partial charge in [0.15, 0.2) is 5.78 Å². The van der Waals surface area contributed by atoms with E-state index in [4.69, 9.17) is 0 Å². The molecule has 0 rings (SSSR count). The molecule has 0 aliphatic heterocycles. The Morgan fingerprint density at radius 3 is 2.09 bits per heavy atom. The fourth-order valence-electron chi connectivity index (χ4n) is 0.504. The minimum atomic E-state index is -0.252. The molecule has 0 N–H and O–H groups in total. The first-order valence-electron chi connectivity index (χ1n) is 3.82. The lowest BCUT2D eigenvalue weighted by molar-refractivity contribution is -0.121. The number of allylic oxidation sites excluding steroid dienone is 4. The number of carbonyl (C=O) groups excluding carboxylic acids is 1. The van der Waals surface area contributed by atoms with Gasteiger partial charge in [-0.05, 0) is 13.0 Å². The molecule has 0 aromatic rings. The van der Waals surface area contributed by atoms with E-state index in [0.29, 0.717) is 0 Å². The summed E-state index contributed by atoms with van der Waals surface area (Å²) in [4.78, 5) is 11.2. The lowest BCUT2D eigenvalue weighted by atomic mass is 9.91. The molecule has 0 aliphatic carbocycles. The SMILES string of the molecule is CC=CC=CC(=O)C(C)(C)C. The standard InChI is InChI=1S/C10H16O/c1-5-6-7-8-9(11)10(2,3)4/h5-8H,1-4H3. The van der Waals surface area contributed by atoms with Crippen molar-refractivity contribution in [2.75, 3.05) is 0 Å². The topological polar surface area (TPSA) is 17.1 Å². The van der Waals surface area contributed by atoms with Gasteiger partial charge in [0, 0.05) is 5.41 Å². The van der Waals surface area contributed by atoms with Crippen molar-refractivity contribution < 1.29 is 4.79 Å². The fraction of sp³-hybridized carbons (Fsp3) is 0.500. The van der Waals surface area contributed by atoms with Gasteiger partial charge < -0.3 is 0 Å². The molecule has 0 saturated carbocycles. The van der Waals surface area contributed by atoms with Crippen molar-refractivity contribution in [1.29, 1.82) is 0 Å². The predicted molar refractivity (Wildman–Crippen MR) is 48.4 cm³/mol. The normalized spacial score (nSPS) is 13.1. The average molecular weight is 152 g/mol. The Hall–Kier alpha value is -0.850. The highest BCUT2D eigenvalue weighted by atomic mass is 16.1. The predicted octanol–water partition coefficient (Wildman–Crippen LogP) is 2.73. The summed E-state index contributed by atoms with van der Waals surface area (Å²) in [5, 5.41) is 0. The Labute approximate surface area is 68.8 Å². The zero-order valence-electron chi connectivity index (χ0n) is 7.72. The van der Waals surface area contributed by atoms with Gasteiger partial charge in [0.25, 0.3) is 0 Å². The zero-order valence-corrected chi connectivity index (χ0v) is 7.72. The van der Waals surface area contributed by atoms with Crippen molar-refractivity contribution >= 4 is 5.78 Å². The molecule has 0 heterocycles. The molecule has 0 aliphatic rings. The van der Waals surface area contributed by atoms with Crippen LogP contribution in [0, 0.1) is 5.41 Å². The van der Waals surface area contributed by atoms with Gasteiger partial charge >= 0.3 is 0 Å². The van der Waals surface area contributed by atoms with Crippen LogP contribution in [-0.2, 0) is 4.79 Å². The molecule has 0 aromatic heterocycles. The number of hydrogen-bond acceptors (Lipinski definition) is 1. The van der Waals surface area contributed by atoms with Gasteiger partial charge in [-0.25, -0.2) is 0 Å². The van der Waals surface area contributed by atoms with E-state index in [-0.39, 0.29) is 11.2 Å². The second kappa shape index (κ2) is 4.12. The third-order valence-corrected chi connectivity index (χ3v) is 1.29. The number of carbonyl (C=O) groups is 1.